The average molecular weight is 449 g/mol. The zero-order chi connectivity index (χ0) is 21.5. The van der Waals surface area contributed by atoms with Crippen LogP contribution in [-0.2, 0) is 20.0 Å². The van der Waals surface area contributed by atoms with Crippen LogP contribution in [0.1, 0.15) is 26.7 Å². The van der Waals surface area contributed by atoms with Gasteiger partial charge in [0.1, 0.15) is 0 Å². The third-order valence-electron chi connectivity index (χ3n) is 3.43. The van der Waals surface area contributed by atoms with Crippen LogP contribution < -0.4 is 0 Å². The summed E-state index contributed by atoms with van der Waals surface area (Å²) in [6.07, 6.45) is -1.17. The van der Waals surface area contributed by atoms with Crippen molar-refractivity contribution in [2.24, 2.45) is 0 Å². The molecule has 0 bridgehead atoms. The predicted molar refractivity (Wildman–Crippen MR) is 74.6 cm³/mol. The van der Waals surface area contributed by atoms with Crippen molar-refractivity contribution in [2.75, 3.05) is 0 Å². The molecule has 0 aliphatic carbocycles. The van der Waals surface area contributed by atoms with Gasteiger partial charge in [-0.25, -0.2) is 38.8 Å². The van der Waals surface area contributed by atoms with E-state index in [9.17, 15) is 52.0 Å². The second kappa shape index (κ2) is 7.50. The zero-order valence-electron chi connectivity index (χ0n) is 13.4. The first kappa shape index (κ1) is 23.6. The van der Waals surface area contributed by atoms with Crippen LogP contribution in [0.4, 0.5) is 35.1 Å². The molecule has 27 heavy (non-hydrogen) atoms. The Hall–Kier alpha value is -1.48. The maximum atomic E-state index is 13.8. The van der Waals surface area contributed by atoms with E-state index in [-0.39, 0.29) is 0 Å². The van der Waals surface area contributed by atoms with Gasteiger partial charge in [0.15, 0.2) is 28.2 Å². The largest absolute Gasteiger partial charge is 0.512 e. The van der Waals surface area contributed by atoms with E-state index in [0.29, 0.717) is 0 Å². The first-order valence-corrected chi connectivity index (χ1v) is 9.82. The van der Waals surface area contributed by atoms with E-state index in [2.05, 4.69) is 0 Å². The molecule has 15 heteroatoms. The van der Waals surface area contributed by atoms with Crippen LogP contribution in [0.3, 0.4) is 0 Å². The first-order valence-electron chi connectivity index (χ1n) is 6.94. The Morgan fingerprint density at radius 2 is 1.11 bits per heavy atom. The summed E-state index contributed by atoms with van der Waals surface area (Å²) >= 11 is 0. The summed E-state index contributed by atoms with van der Waals surface area (Å²) in [5.41, 5.74) is -6.23. The van der Waals surface area contributed by atoms with Crippen LogP contribution in [0.25, 0.3) is 0 Å². The molecule has 0 spiro atoms. The minimum Gasteiger partial charge on any atom is -0.206 e. The highest BCUT2D eigenvalue weighted by Gasteiger charge is 2.57. The van der Waals surface area contributed by atoms with Gasteiger partial charge in [-0.2, -0.15) is 13.2 Å². The number of nitrogens with zero attached hydrogens (tertiary/aromatic N) is 1. The summed E-state index contributed by atoms with van der Waals surface area (Å²) in [6.45, 7) is 2.11. The molecule has 0 N–H and O–H groups in total. The van der Waals surface area contributed by atoms with Gasteiger partial charge in [-0.15, -0.1) is 0 Å². The highest BCUT2D eigenvalue weighted by Crippen LogP contribution is 2.37. The highest BCUT2D eigenvalue weighted by molar-refractivity contribution is 8.04. The lowest BCUT2D eigenvalue weighted by atomic mass is 10.2. The van der Waals surface area contributed by atoms with E-state index < -0.39 is 82.1 Å². The van der Waals surface area contributed by atoms with Crippen molar-refractivity contribution in [3.05, 3.63) is 29.1 Å². The SMILES string of the molecule is CCC(CC)N(S(=O)(=O)c1c(F)c(F)c(F)c(F)c1F)S(=O)(=O)C(F)(F)F. The van der Waals surface area contributed by atoms with Crippen molar-refractivity contribution in [3.63, 3.8) is 0 Å². The van der Waals surface area contributed by atoms with Gasteiger partial charge in [0.05, 0.1) is 0 Å². The van der Waals surface area contributed by atoms with Crippen LogP contribution >= 0.6 is 0 Å². The molecule has 0 radical (unpaired) electrons. The molecule has 0 fully saturated rings. The second-order valence-corrected chi connectivity index (χ2v) is 8.84. The molecule has 0 saturated carbocycles. The lowest BCUT2D eigenvalue weighted by molar-refractivity contribution is -0.0477. The van der Waals surface area contributed by atoms with Crippen molar-refractivity contribution in [1.29, 1.82) is 0 Å². The third-order valence-corrected chi connectivity index (χ3v) is 7.62. The van der Waals surface area contributed by atoms with Gasteiger partial charge in [0, 0.05) is 6.04 Å². The Morgan fingerprint density at radius 1 is 0.778 bits per heavy atom. The molecule has 0 amide bonds. The number of hydrogen-bond donors (Lipinski definition) is 0. The molecule has 0 aliphatic heterocycles. The van der Waals surface area contributed by atoms with Crippen molar-refractivity contribution in [1.82, 2.24) is 3.71 Å². The van der Waals surface area contributed by atoms with E-state index in [1.165, 1.54) is 0 Å². The molecule has 1 aromatic rings. The van der Waals surface area contributed by atoms with Crippen molar-refractivity contribution in [3.8, 4) is 0 Å². The Morgan fingerprint density at radius 3 is 1.41 bits per heavy atom. The van der Waals surface area contributed by atoms with E-state index in [0.717, 1.165) is 13.8 Å². The summed E-state index contributed by atoms with van der Waals surface area (Å²) in [6, 6.07) is -2.00. The first-order chi connectivity index (χ1) is 12.1. The lowest BCUT2D eigenvalue weighted by Crippen LogP contribution is -2.50. The number of rotatable bonds is 6. The van der Waals surface area contributed by atoms with Crippen molar-refractivity contribution < 1.29 is 52.0 Å². The monoisotopic (exact) mass is 449 g/mol. The summed E-state index contributed by atoms with van der Waals surface area (Å²) < 4.78 is 153. The van der Waals surface area contributed by atoms with Crippen LogP contribution in [0.5, 0.6) is 0 Å². The molecule has 0 atom stereocenters. The topological polar surface area (TPSA) is 71.5 Å². The summed E-state index contributed by atoms with van der Waals surface area (Å²) in [5.74, 6) is -14.3. The van der Waals surface area contributed by atoms with Gasteiger partial charge >= 0.3 is 15.5 Å². The molecule has 156 valence electrons. The fourth-order valence-electron chi connectivity index (χ4n) is 2.11. The fourth-order valence-corrected chi connectivity index (χ4v) is 6.02. The fraction of sp³-hybridized carbons (Fsp3) is 0.500. The van der Waals surface area contributed by atoms with Crippen LogP contribution in [0.2, 0.25) is 0 Å². The van der Waals surface area contributed by atoms with E-state index >= 15 is 0 Å². The number of sulfonamides is 2. The smallest absolute Gasteiger partial charge is 0.206 e. The Labute approximate surface area is 148 Å². The van der Waals surface area contributed by atoms with Crippen LogP contribution in [0.15, 0.2) is 4.90 Å². The molecule has 1 aromatic carbocycles. The molecule has 0 heterocycles. The number of hydrogen-bond acceptors (Lipinski definition) is 4. The summed E-state index contributed by atoms with van der Waals surface area (Å²) in [5, 5.41) is 0. The minimum absolute atomic E-state index is 0.583. The number of benzene rings is 1. The molecule has 1 rings (SSSR count). The van der Waals surface area contributed by atoms with Gasteiger partial charge < -0.3 is 0 Å². The highest BCUT2D eigenvalue weighted by atomic mass is 32.3. The molecule has 0 aromatic heterocycles. The molecular weight excluding hydrogens is 438 g/mol. The second-order valence-electron chi connectivity index (χ2n) is 5.05. The van der Waals surface area contributed by atoms with E-state index in [4.69, 9.17) is 0 Å². The Balaban J connectivity index is 4.02. The molecule has 0 unspecified atom stereocenters. The predicted octanol–water partition coefficient (Wildman–Crippen LogP) is 3.41. The van der Waals surface area contributed by atoms with E-state index in [1.807, 2.05) is 0 Å². The standard InChI is InChI=1S/C12H11F8NO4S2/c1-3-5(4-2)21(27(24,25)12(18,19)20)26(22,23)11-9(16)7(14)6(13)8(15)10(11)17/h5H,3-4H2,1-2H3. The Kier molecular flexibility index (Phi) is 6.55. The zero-order valence-corrected chi connectivity index (χ0v) is 15.0. The van der Waals surface area contributed by atoms with Crippen LogP contribution in [-0.4, -0.2) is 32.1 Å². The molecule has 0 aliphatic rings. The normalized spacial score (nSPS) is 13.6. The summed E-state index contributed by atoms with van der Waals surface area (Å²) in [4.78, 5) is -2.70. The van der Waals surface area contributed by atoms with Crippen molar-refractivity contribution >= 4 is 20.0 Å². The number of halogens is 8. The van der Waals surface area contributed by atoms with Crippen molar-refractivity contribution in [2.45, 2.75) is 43.1 Å². The third kappa shape index (κ3) is 3.76. The minimum atomic E-state index is -6.76. The van der Waals surface area contributed by atoms with Gasteiger partial charge in [0.2, 0.25) is 5.82 Å². The van der Waals surface area contributed by atoms with Gasteiger partial charge in [-0.05, 0) is 12.8 Å². The van der Waals surface area contributed by atoms with Gasteiger partial charge in [0.25, 0.3) is 10.0 Å². The molecule has 0 saturated heterocycles. The van der Waals surface area contributed by atoms with Crippen LogP contribution in [0, 0.1) is 29.1 Å². The molecule has 5 nitrogen and oxygen atoms in total. The average Bonchev–Trinajstić information content (AvgIpc) is 2.54. The maximum Gasteiger partial charge on any atom is 0.512 e. The molecular formula is C12H11F8NO4S2. The number of alkyl halides is 3. The Bertz CT molecular complexity index is 910. The van der Waals surface area contributed by atoms with Gasteiger partial charge in [-0.3, -0.25) is 0 Å². The summed E-state index contributed by atoms with van der Waals surface area (Å²) in [7, 11) is -13.1. The maximum absolute atomic E-state index is 13.8. The lowest BCUT2D eigenvalue weighted by Gasteiger charge is -2.29. The van der Waals surface area contributed by atoms with Gasteiger partial charge in [-0.1, -0.05) is 17.6 Å². The quantitative estimate of drug-likeness (QED) is 0.379. The van der Waals surface area contributed by atoms with E-state index in [1.54, 1.807) is 0 Å².